The molecule has 0 atom stereocenters. The van der Waals surface area contributed by atoms with Crippen LogP contribution < -0.4 is 15.1 Å². The standard InChI is InChI=1S/C24H25N7O2/c1-17-4-3-5-18(14-17)15-26-29-22-21-23(28-24(27-22)30-10-12-33-13-11-30)31(16-25-21)19-6-8-20(32-2)9-7-19/h3-9,14-16H,10-13H2,1-2H3,(H,27,28,29)/b26-15+. The fraction of sp³-hybridized carbons (Fsp3) is 0.250. The van der Waals surface area contributed by atoms with Gasteiger partial charge in [-0.2, -0.15) is 15.1 Å². The number of methoxy groups -OCH3 is 1. The van der Waals surface area contributed by atoms with Gasteiger partial charge in [-0.05, 0) is 36.8 Å². The molecule has 3 heterocycles. The van der Waals surface area contributed by atoms with Crippen LogP contribution in [0.4, 0.5) is 11.8 Å². The number of hydrogen-bond donors (Lipinski definition) is 1. The Bertz CT molecular complexity index is 1280. The van der Waals surface area contributed by atoms with E-state index in [0.717, 1.165) is 30.1 Å². The lowest BCUT2D eigenvalue weighted by Crippen LogP contribution is -2.37. The number of hydrogen-bond acceptors (Lipinski definition) is 8. The lowest BCUT2D eigenvalue weighted by atomic mass is 10.2. The molecule has 168 valence electrons. The van der Waals surface area contributed by atoms with Gasteiger partial charge in [-0.1, -0.05) is 29.8 Å². The van der Waals surface area contributed by atoms with Crippen LogP contribution in [0.3, 0.4) is 0 Å². The summed E-state index contributed by atoms with van der Waals surface area (Å²) in [7, 11) is 1.65. The third-order valence-corrected chi connectivity index (χ3v) is 5.46. The quantitative estimate of drug-likeness (QED) is 0.361. The van der Waals surface area contributed by atoms with Gasteiger partial charge in [0.2, 0.25) is 5.95 Å². The molecule has 1 saturated heterocycles. The molecule has 4 aromatic rings. The van der Waals surface area contributed by atoms with E-state index in [0.29, 0.717) is 36.1 Å². The number of nitrogens with zero attached hydrogens (tertiary/aromatic N) is 6. The molecule has 2 aromatic heterocycles. The van der Waals surface area contributed by atoms with Crippen LogP contribution in [-0.4, -0.2) is 59.1 Å². The molecule has 1 aliphatic rings. The Hall–Kier alpha value is -3.98. The summed E-state index contributed by atoms with van der Waals surface area (Å²) >= 11 is 0. The highest BCUT2D eigenvalue weighted by Crippen LogP contribution is 2.26. The van der Waals surface area contributed by atoms with Gasteiger partial charge in [0, 0.05) is 18.8 Å². The number of aryl methyl sites for hydroxylation is 1. The molecule has 33 heavy (non-hydrogen) atoms. The van der Waals surface area contributed by atoms with Crippen molar-refractivity contribution >= 4 is 29.1 Å². The van der Waals surface area contributed by atoms with Crippen molar-refractivity contribution in [2.45, 2.75) is 6.92 Å². The molecule has 0 unspecified atom stereocenters. The number of ether oxygens (including phenoxy) is 2. The molecule has 9 heteroatoms. The second-order valence-electron chi connectivity index (χ2n) is 7.74. The first-order valence-electron chi connectivity index (χ1n) is 10.8. The van der Waals surface area contributed by atoms with E-state index in [2.05, 4.69) is 39.5 Å². The minimum atomic E-state index is 0.553. The molecule has 0 aliphatic carbocycles. The molecule has 5 rings (SSSR count). The monoisotopic (exact) mass is 443 g/mol. The molecule has 0 spiro atoms. The third-order valence-electron chi connectivity index (χ3n) is 5.46. The summed E-state index contributed by atoms with van der Waals surface area (Å²) in [4.78, 5) is 16.3. The molecule has 1 fully saturated rings. The fourth-order valence-corrected chi connectivity index (χ4v) is 3.72. The van der Waals surface area contributed by atoms with Crippen molar-refractivity contribution in [1.29, 1.82) is 0 Å². The smallest absolute Gasteiger partial charge is 0.229 e. The van der Waals surface area contributed by atoms with Gasteiger partial charge in [-0.25, -0.2) is 4.98 Å². The first-order valence-corrected chi connectivity index (χ1v) is 10.8. The van der Waals surface area contributed by atoms with Gasteiger partial charge in [0.1, 0.15) is 12.1 Å². The number of morpholine rings is 1. The molecule has 1 aliphatic heterocycles. The second-order valence-corrected chi connectivity index (χ2v) is 7.74. The van der Waals surface area contributed by atoms with Crippen LogP contribution in [0.15, 0.2) is 60.0 Å². The van der Waals surface area contributed by atoms with Gasteiger partial charge in [-0.15, -0.1) is 0 Å². The topological polar surface area (TPSA) is 89.7 Å². The number of fused-ring (bicyclic) bond motifs is 1. The Morgan fingerprint density at radius 1 is 1.09 bits per heavy atom. The van der Waals surface area contributed by atoms with E-state index in [4.69, 9.17) is 19.4 Å². The van der Waals surface area contributed by atoms with Crippen LogP contribution >= 0.6 is 0 Å². The number of aromatic nitrogens is 4. The molecule has 0 radical (unpaired) electrons. The highest BCUT2D eigenvalue weighted by atomic mass is 16.5. The molecular weight excluding hydrogens is 418 g/mol. The van der Waals surface area contributed by atoms with Gasteiger partial charge in [0.15, 0.2) is 17.0 Å². The summed E-state index contributed by atoms with van der Waals surface area (Å²) in [5, 5.41) is 4.42. The molecular formula is C24H25N7O2. The second kappa shape index (κ2) is 9.25. The average molecular weight is 444 g/mol. The van der Waals surface area contributed by atoms with E-state index < -0.39 is 0 Å². The van der Waals surface area contributed by atoms with Crippen molar-refractivity contribution < 1.29 is 9.47 Å². The van der Waals surface area contributed by atoms with Crippen molar-refractivity contribution in [1.82, 2.24) is 19.5 Å². The summed E-state index contributed by atoms with van der Waals surface area (Å²) in [6.45, 7) is 4.81. The maximum atomic E-state index is 5.50. The van der Waals surface area contributed by atoms with Crippen molar-refractivity contribution in [3.05, 3.63) is 66.0 Å². The third kappa shape index (κ3) is 4.49. The Kier molecular flexibility index (Phi) is 5.86. The summed E-state index contributed by atoms with van der Waals surface area (Å²) in [5.41, 5.74) is 7.54. The van der Waals surface area contributed by atoms with Crippen molar-refractivity contribution in [3.8, 4) is 11.4 Å². The van der Waals surface area contributed by atoms with Crippen molar-refractivity contribution in [2.75, 3.05) is 43.7 Å². The number of hydrazone groups is 1. The Morgan fingerprint density at radius 3 is 2.67 bits per heavy atom. The summed E-state index contributed by atoms with van der Waals surface area (Å²) in [6, 6.07) is 15.9. The fourth-order valence-electron chi connectivity index (χ4n) is 3.72. The predicted molar refractivity (Wildman–Crippen MR) is 129 cm³/mol. The van der Waals surface area contributed by atoms with E-state index in [-0.39, 0.29) is 0 Å². The van der Waals surface area contributed by atoms with Crippen LogP contribution in [0.25, 0.3) is 16.9 Å². The summed E-state index contributed by atoms with van der Waals surface area (Å²) in [6.07, 6.45) is 3.52. The highest BCUT2D eigenvalue weighted by Gasteiger charge is 2.19. The Morgan fingerprint density at radius 2 is 1.91 bits per heavy atom. The zero-order valence-electron chi connectivity index (χ0n) is 18.6. The average Bonchev–Trinajstić information content (AvgIpc) is 3.29. The van der Waals surface area contributed by atoms with Crippen LogP contribution in [0.1, 0.15) is 11.1 Å². The van der Waals surface area contributed by atoms with Gasteiger partial charge in [0.05, 0.1) is 26.5 Å². The number of nitrogens with one attached hydrogen (secondary N) is 1. The maximum Gasteiger partial charge on any atom is 0.229 e. The van der Waals surface area contributed by atoms with Crippen molar-refractivity contribution in [3.63, 3.8) is 0 Å². The SMILES string of the molecule is COc1ccc(-n2cnc3c(N/N=C/c4cccc(C)c4)nc(N4CCOCC4)nc32)cc1. The van der Waals surface area contributed by atoms with Crippen LogP contribution in [-0.2, 0) is 4.74 Å². The first-order chi connectivity index (χ1) is 16.2. The maximum absolute atomic E-state index is 5.50. The van der Waals surface area contributed by atoms with Gasteiger partial charge >= 0.3 is 0 Å². The highest BCUT2D eigenvalue weighted by molar-refractivity contribution is 5.87. The molecule has 0 amide bonds. The Labute approximate surface area is 191 Å². The van der Waals surface area contributed by atoms with Gasteiger partial charge in [-0.3, -0.25) is 9.99 Å². The van der Waals surface area contributed by atoms with Gasteiger partial charge < -0.3 is 14.4 Å². The summed E-state index contributed by atoms with van der Waals surface area (Å²) in [5.74, 6) is 1.96. The molecule has 9 nitrogen and oxygen atoms in total. The lowest BCUT2D eigenvalue weighted by molar-refractivity contribution is 0.122. The van der Waals surface area contributed by atoms with Crippen molar-refractivity contribution in [2.24, 2.45) is 5.10 Å². The molecule has 0 saturated carbocycles. The van der Waals surface area contributed by atoms with E-state index in [1.54, 1.807) is 19.7 Å². The number of anilines is 2. The normalized spacial score (nSPS) is 14.2. The predicted octanol–water partition coefficient (Wildman–Crippen LogP) is 3.42. The molecule has 0 bridgehead atoms. The molecule has 2 aromatic carbocycles. The van der Waals surface area contributed by atoms with E-state index >= 15 is 0 Å². The minimum absolute atomic E-state index is 0.553. The minimum Gasteiger partial charge on any atom is -0.497 e. The number of imidazole rings is 1. The largest absolute Gasteiger partial charge is 0.497 e. The van der Waals surface area contributed by atoms with Crippen LogP contribution in [0.5, 0.6) is 5.75 Å². The molecule has 1 N–H and O–H groups in total. The van der Waals surface area contributed by atoms with Gasteiger partial charge in [0.25, 0.3) is 0 Å². The van der Waals surface area contributed by atoms with E-state index in [1.807, 2.05) is 41.0 Å². The first kappa shape index (κ1) is 20.9. The zero-order valence-corrected chi connectivity index (χ0v) is 18.6. The van der Waals surface area contributed by atoms with E-state index in [9.17, 15) is 0 Å². The van der Waals surface area contributed by atoms with E-state index in [1.165, 1.54) is 5.56 Å². The summed E-state index contributed by atoms with van der Waals surface area (Å²) < 4.78 is 12.7. The Balaban J connectivity index is 1.54. The zero-order chi connectivity index (χ0) is 22.6. The van der Waals surface area contributed by atoms with Crippen LogP contribution in [0.2, 0.25) is 0 Å². The lowest BCUT2D eigenvalue weighted by Gasteiger charge is -2.27. The number of rotatable bonds is 6. The van der Waals surface area contributed by atoms with Crippen LogP contribution in [0, 0.1) is 6.92 Å². The number of benzene rings is 2.